The van der Waals surface area contributed by atoms with Crippen LogP contribution in [-0.2, 0) is 13.0 Å². The fourth-order valence-electron chi connectivity index (χ4n) is 3.17. The number of aromatic nitrogens is 1. The van der Waals surface area contributed by atoms with Crippen LogP contribution in [0.25, 0.3) is 11.3 Å². The first-order valence-electron chi connectivity index (χ1n) is 8.55. The number of methoxy groups -OCH3 is 2. The number of nitrogens with zero attached hydrogens (tertiary/aromatic N) is 1. The zero-order chi connectivity index (χ0) is 19.6. The lowest BCUT2D eigenvalue weighted by molar-refractivity contribution is 0.112. The van der Waals surface area contributed by atoms with E-state index in [1.54, 1.807) is 27.3 Å². The summed E-state index contributed by atoms with van der Waals surface area (Å²) >= 11 is 0. The van der Waals surface area contributed by atoms with Crippen molar-refractivity contribution in [2.24, 2.45) is 0 Å². The second kappa shape index (κ2) is 7.71. The van der Waals surface area contributed by atoms with Crippen LogP contribution in [0.2, 0.25) is 0 Å². The van der Waals surface area contributed by atoms with E-state index in [4.69, 9.17) is 14.2 Å². The molecule has 1 atom stereocenters. The van der Waals surface area contributed by atoms with E-state index in [0.29, 0.717) is 30.0 Å². The molecule has 1 unspecified atom stereocenters. The molecule has 3 rings (SSSR count). The summed E-state index contributed by atoms with van der Waals surface area (Å²) in [4.78, 5) is 23.7. The average Bonchev–Trinajstić information content (AvgIpc) is 3.02. The predicted molar refractivity (Wildman–Crippen MR) is 97.8 cm³/mol. The number of carbonyl (C=O) groups excluding carboxylic acids is 2. The van der Waals surface area contributed by atoms with Gasteiger partial charge in [0, 0.05) is 24.8 Å². The molecule has 2 N–H and O–H groups in total. The van der Waals surface area contributed by atoms with E-state index in [1.165, 1.54) is 0 Å². The number of fused-ring (bicyclic) bond motifs is 3. The molecule has 144 valence electrons. The van der Waals surface area contributed by atoms with Gasteiger partial charge < -0.3 is 29.2 Å². The molecule has 1 amide bonds. The second-order valence-electron chi connectivity index (χ2n) is 6.30. The zero-order valence-corrected chi connectivity index (χ0v) is 15.4. The Morgan fingerprint density at radius 1 is 1.30 bits per heavy atom. The van der Waals surface area contributed by atoms with Crippen LogP contribution in [0.15, 0.2) is 18.3 Å². The van der Waals surface area contributed by atoms with Gasteiger partial charge in [-0.05, 0) is 31.0 Å². The van der Waals surface area contributed by atoms with E-state index < -0.39 is 12.2 Å². The standard InChI is InChI=1S/C19H22N2O6/c1-11(23)8-20-19(24)27-17-9-21-5-4-12-6-15(25-2)16(26-3)7-13(12)18(21)14(17)10-22/h6-7,9-11,23H,4-5,8H2,1-3H3,(H,20,24). The lowest BCUT2D eigenvalue weighted by Crippen LogP contribution is -2.32. The van der Waals surface area contributed by atoms with Gasteiger partial charge in [0.25, 0.3) is 0 Å². The van der Waals surface area contributed by atoms with E-state index in [-0.39, 0.29) is 17.9 Å². The molecule has 0 fully saturated rings. The summed E-state index contributed by atoms with van der Waals surface area (Å²) < 4.78 is 17.9. The number of nitrogens with one attached hydrogen (secondary N) is 1. The van der Waals surface area contributed by atoms with Gasteiger partial charge in [-0.3, -0.25) is 4.79 Å². The predicted octanol–water partition coefficient (Wildman–Crippen LogP) is 2.01. The number of ether oxygens (including phenoxy) is 3. The highest BCUT2D eigenvalue weighted by Crippen LogP contribution is 2.42. The lowest BCUT2D eigenvalue weighted by atomic mass is 9.95. The maximum absolute atomic E-state index is 11.9. The molecule has 2 heterocycles. The normalized spacial score (nSPS) is 13.2. The molecule has 8 heteroatoms. The molecule has 0 aliphatic carbocycles. The third-order valence-electron chi connectivity index (χ3n) is 4.43. The Morgan fingerprint density at radius 3 is 2.63 bits per heavy atom. The highest BCUT2D eigenvalue weighted by molar-refractivity contribution is 5.93. The summed E-state index contributed by atoms with van der Waals surface area (Å²) in [5.74, 6) is 1.35. The number of hydrogen-bond donors (Lipinski definition) is 2. The Kier molecular flexibility index (Phi) is 5.36. The van der Waals surface area contributed by atoms with Gasteiger partial charge in [-0.15, -0.1) is 0 Å². The second-order valence-corrected chi connectivity index (χ2v) is 6.30. The molecule has 1 aromatic carbocycles. The average molecular weight is 374 g/mol. The fraction of sp³-hybridized carbons (Fsp3) is 0.368. The van der Waals surface area contributed by atoms with Crippen molar-refractivity contribution >= 4 is 12.4 Å². The molecule has 0 saturated heterocycles. The van der Waals surface area contributed by atoms with Crippen molar-refractivity contribution in [3.63, 3.8) is 0 Å². The minimum Gasteiger partial charge on any atom is -0.493 e. The molecule has 1 aliphatic rings. The minimum atomic E-state index is -0.727. The Bertz CT molecular complexity index is 872. The number of rotatable bonds is 6. The number of aliphatic hydroxyl groups excluding tert-OH is 1. The largest absolute Gasteiger partial charge is 0.493 e. The molecule has 1 aromatic heterocycles. The number of carbonyl (C=O) groups is 2. The fourth-order valence-corrected chi connectivity index (χ4v) is 3.17. The van der Waals surface area contributed by atoms with Gasteiger partial charge in [-0.25, -0.2) is 4.79 Å². The van der Waals surface area contributed by atoms with Crippen LogP contribution in [0, 0.1) is 0 Å². The summed E-state index contributed by atoms with van der Waals surface area (Å²) in [7, 11) is 3.12. The van der Waals surface area contributed by atoms with Crippen LogP contribution in [0.1, 0.15) is 22.8 Å². The van der Waals surface area contributed by atoms with Gasteiger partial charge in [0.1, 0.15) is 0 Å². The van der Waals surface area contributed by atoms with Crippen molar-refractivity contribution in [3.8, 4) is 28.5 Å². The van der Waals surface area contributed by atoms with Crippen molar-refractivity contribution in [3.05, 3.63) is 29.5 Å². The van der Waals surface area contributed by atoms with Crippen LogP contribution in [0.4, 0.5) is 4.79 Å². The van der Waals surface area contributed by atoms with E-state index in [1.807, 2.05) is 16.7 Å². The smallest absolute Gasteiger partial charge is 0.412 e. The first kappa shape index (κ1) is 18.8. The maximum Gasteiger partial charge on any atom is 0.412 e. The SMILES string of the molecule is COc1cc2c(cc1OC)-c1c(C=O)c(OC(=O)NCC(C)O)cn1CC2. The Labute approximate surface area is 156 Å². The lowest BCUT2D eigenvalue weighted by Gasteiger charge is -2.21. The van der Waals surface area contributed by atoms with Gasteiger partial charge in [0.2, 0.25) is 0 Å². The van der Waals surface area contributed by atoms with Crippen molar-refractivity contribution in [2.45, 2.75) is 26.0 Å². The Morgan fingerprint density at radius 2 is 2.00 bits per heavy atom. The molecule has 0 spiro atoms. The van der Waals surface area contributed by atoms with Crippen LogP contribution < -0.4 is 19.5 Å². The first-order valence-corrected chi connectivity index (χ1v) is 8.55. The van der Waals surface area contributed by atoms with Gasteiger partial charge in [0.05, 0.1) is 31.6 Å². The molecule has 0 bridgehead atoms. The molecule has 0 radical (unpaired) electrons. The van der Waals surface area contributed by atoms with Crippen molar-refractivity contribution in [1.29, 1.82) is 0 Å². The summed E-state index contributed by atoms with van der Waals surface area (Å²) in [6, 6.07) is 3.72. The number of aryl methyl sites for hydroxylation is 2. The number of hydrogen-bond acceptors (Lipinski definition) is 6. The summed E-state index contributed by atoms with van der Waals surface area (Å²) in [5, 5.41) is 11.7. The Hall–Kier alpha value is -3.00. The molecule has 1 aliphatic heterocycles. The monoisotopic (exact) mass is 374 g/mol. The number of aldehydes is 1. The molecular weight excluding hydrogens is 352 g/mol. The molecule has 27 heavy (non-hydrogen) atoms. The zero-order valence-electron chi connectivity index (χ0n) is 15.4. The topological polar surface area (TPSA) is 99.0 Å². The van der Waals surface area contributed by atoms with Crippen LogP contribution in [-0.4, -0.2) is 48.9 Å². The number of amides is 1. The van der Waals surface area contributed by atoms with Crippen molar-refractivity contribution < 1.29 is 28.9 Å². The molecule has 2 aromatic rings. The third kappa shape index (κ3) is 3.61. The number of aliphatic hydroxyl groups is 1. The highest BCUT2D eigenvalue weighted by Gasteiger charge is 2.26. The highest BCUT2D eigenvalue weighted by atomic mass is 16.6. The van der Waals surface area contributed by atoms with Crippen molar-refractivity contribution in [1.82, 2.24) is 9.88 Å². The van der Waals surface area contributed by atoms with E-state index in [2.05, 4.69) is 5.32 Å². The molecule has 0 saturated carbocycles. The van der Waals surface area contributed by atoms with Gasteiger partial charge in [-0.1, -0.05) is 0 Å². The Balaban J connectivity index is 1.99. The minimum absolute atomic E-state index is 0.0582. The first-order chi connectivity index (χ1) is 13.0. The van der Waals surface area contributed by atoms with Gasteiger partial charge >= 0.3 is 6.09 Å². The van der Waals surface area contributed by atoms with E-state index in [0.717, 1.165) is 17.5 Å². The van der Waals surface area contributed by atoms with Crippen LogP contribution in [0.5, 0.6) is 17.2 Å². The maximum atomic E-state index is 11.9. The third-order valence-corrected chi connectivity index (χ3v) is 4.43. The quantitative estimate of drug-likeness (QED) is 0.751. The summed E-state index contributed by atoms with van der Waals surface area (Å²) in [6.45, 7) is 2.24. The van der Waals surface area contributed by atoms with Gasteiger partial charge in [-0.2, -0.15) is 0 Å². The van der Waals surface area contributed by atoms with E-state index in [9.17, 15) is 14.7 Å². The van der Waals surface area contributed by atoms with Crippen molar-refractivity contribution in [2.75, 3.05) is 20.8 Å². The number of benzene rings is 1. The summed E-state index contributed by atoms with van der Waals surface area (Å²) in [6.07, 6.45) is 1.63. The molecular formula is C19H22N2O6. The van der Waals surface area contributed by atoms with Crippen LogP contribution >= 0.6 is 0 Å². The molecule has 8 nitrogen and oxygen atoms in total. The van der Waals surface area contributed by atoms with Crippen LogP contribution in [0.3, 0.4) is 0 Å². The summed E-state index contributed by atoms with van der Waals surface area (Å²) in [5.41, 5.74) is 2.81. The van der Waals surface area contributed by atoms with Gasteiger partial charge in [0.15, 0.2) is 23.5 Å². The van der Waals surface area contributed by atoms with E-state index >= 15 is 0 Å².